The molecule has 3 nitrogen and oxygen atoms in total. The van der Waals surface area contributed by atoms with Crippen molar-refractivity contribution in [1.29, 1.82) is 0 Å². The van der Waals surface area contributed by atoms with Crippen LogP contribution in [-0.2, 0) is 0 Å². The summed E-state index contributed by atoms with van der Waals surface area (Å²) in [6, 6.07) is 7.67. The fourth-order valence-electron chi connectivity index (χ4n) is 1.72. The van der Waals surface area contributed by atoms with E-state index in [0.717, 1.165) is 27.6 Å². The van der Waals surface area contributed by atoms with Gasteiger partial charge in [0.25, 0.3) is 0 Å². The minimum atomic E-state index is 0.0178. The Morgan fingerprint density at radius 1 is 1.44 bits per heavy atom. The van der Waals surface area contributed by atoms with E-state index in [0.29, 0.717) is 5.02 Å². The van der Waals surface area contributed by atoms with Crippen molar-refractivity contribution in [1.82, 2.24) is 4.98 Å². The molecule has 18 heavy (non-hydrogen) atoms. The molecule has 0 spiro atoms. The van der Waals surface area contributed by atoms with E-state index in [2.05, 4.69) is 26.2 Å². The minimum absolute atomic E-state index is 0.0178. The van der Waals surface area contributed by atoms with Crippen molar-refractivity contribution in [3.8, 4) is 0 Å². The average Bonchev–Trinajstić information content (AvgIpc) is 2.36. The van der Waals surface area contributed by atoms with Crippen LogP contribution in [-0.4, -0.2) is 22.7 Å². The van der Waals surface area contributed by atoms with Gasteiger partial charge in [0, 0.05) is 9.86 Å². The van der Waals surface area contributed by atoms with Gasteiger partial charge in [0.1, 0.15) is 5.82 Å². The largest absolute Gasteiger partial charge is 0.394 e. The van der Waals surface area contributed by atoms with Crippen LogP contribution in [0, 0.1) is 0 Å². The number of hydrogen-bond donors (Lipinski definition) is 2. The van der Waals surface area contributed by atoms with E-state index in [1.807, 2.05) is 31.2 Å². The topological polar surface area (TPSA) is 45.1 Å². The number of nitrogens with one attached hydrogen (secondary N) is 1. The molecule has 0 fully saturated rings. The molecular weight excluding hydrogens is 316 g/mol. The lowest BCUT2D eigenvalue weighted by Gasteiger charge is -2.15. The number of anilines is 1. The molecule has 1 unspecified atom stereocenters. The molecule has 0 saturated heterocycles. The second-order valence-electron chi connectivity index (χ2n) is 4.09. The highest BCUT2D eigenvalue weighted by molar-refractivity contribution is 9.10. The number of fused-ring (bicyclic) bond motifs is 1. The summed E-state index contributed by atoms with van der Waals surface area (Å²) >= 11 is 9.57. The quantitative estimate of drug-likeness (QED) is 0.896. The average molecular weight is 330 g/mol. The first kappa shape index (κ1) is 13.6. The van der Waals surface area contributed by atoms with Gasteiger partial charge in [-0.1, -0.05) is 34.5 Å². The molecule has 2 rings (SSSR count). The molecule has 0 saturated carbocycles. The molecule has 0 aliphatic carbocycles. The van der Waals surface area contributed by atoms with Crippen molar-refractivity contribution in [2.24, 2.45) is 0 Å². The summed E-state index contributed by atoms with van der Waals surface area (Å²) < 4.78 is 0.935. The SMILES string of the molecule is CCC(CO)Nc1ccc2cc(Br)cc(Cl)c2n1. The predicted molar refractivity (Wildman–Crippen MR) is 79.2 cm³/mol. The molecule has 0 aliphatic rings. The van der Waals surface area contributed by atoms with E-state index >= 15 is 0 Å². The van der Waals surface area contributed by atoms with Gasteiger partial charge in [0.15, 0.2) is 0 Å². The summed E-state index contributed by atoms with van der Waals surface area (Å²) in [4.78, 5) is 4.48. The van der Waals surface area contributed by atoms with Gasteiger partial charge < -0.3 is 10.4 Å². The fraction of sp³-hybridized carbons (Fsp3) is 0.308. The molecule has 5 heteroatoms. The van der Waals surface area contributed by atoms with Crippen molar-refractivity contribution < 1.29 is 5.11 Å². The standard InChI is InChI=1S/C13H14BrClN2O/c1-2-10(7-18)16-12-4-3-8-5-9(14)6-11(15)13(8)17-12/h3-6,10,18H,2,7H2,1H3,(H,16,17). The van der Waals surface area contributed by atoms with E-state index < -0.39 is 0 Å². The summed E-state index contributed by atoms with van der Waals surface area (Å²) in [6.07, 6.45) is 0.838. The lowest BCUT2D eigenvalue weighted by molar-refractivity contribution is 0.271. The summed E-state index contributed by atoms with van der Waals surface area (Å²) in [5.41, 5.74) is 0.762. The lowest BCUT2D eigenvalue weighted by atomic mass is 10.2. The van der Waals surface area contributed by atoms with E-state index in [9.17, 15) is 0 Å². The zero-order chi connectivity index (χ0) is 13.1. The maximum atomic E-state index is 9.17. The number of rotatable bonds is 4. The van der Waals surface area contributed by atoms with Gasteiger partial charge in [-0.25, -0.2) is 4.98 Å². The van der Waals surface area contributed by atoms with Gasteiger partial charge in [-0.2, -0.15) is 0 Å². The van der Waals surface area contributed by atoms with Crippen molar-refractivity contribution in [2.45, 2.75) is 19.4 Å². The Kier molecular flexibility index (Phi) is 4.43. The molecule has 1 aromatic carbocycles. The van der Waals surface area contributed by atoms with Crippen LogP contribution < -0.4 is 5.32 Å². The highest BCUT2D eigenvalue weighted by Crippen LogP contribution is 2.27. The molecule has 1 aromatic heterocycles. The first-order valence-corrected chi connectivity index (χ1v) is 6.94. The van der Waals surface area contributed by atoms with Crippen LogP contribution in [0.15, 0.2) is 28.7 Å². The Balaban J connectivity index is 2.38. The lowest BCUT2D eigenvalue weighted by Crippen LogP contribution is -2.23. The normalized spacial score (nSPS) is 12.7. The number of halogens is 2. The smallest absolute Gasteiger partial charge is 0.127 e. The van der Waals surface area contributed by atoms with Crippen molar-refractivity contribution >= 4 is 44.3 Å². The van der Waals surface area contributed by atoms with Crippen LogP contribution in [0.2, 0.25) is 5.02 Å². The summed E-state index contributed by atoms with van der Waals surface area (Å²) in [5.74, 6) is 0.729. The number of aliphatic hydroxyl groups excluding tert-OH is 1. The van der Waals surface area contributed by atoms with Crippen LogP contribution in [0.5, 0.6) is 0 Å². The van der Waals surface area contributed by atoms with E-state index in [-0.39, 0.29) is 12.6 Å². The Hall–Kier alpha value is -0.840. The van der Waals surface area contributed by atoms with Gasteiger partial charge in [-0.15, -0.1) is 0 Å². The van der Waals surface area contributed by atoms with Crippen molar-refractivity contribution in [2.75, 3.05) is 11.9 Å². The molecule has 0 radical (unpaired) electrons. The summed E-state index contributed by atoms with van der Waals surface area (Å²) in [5, 5.41) is 13.9. The number of hydrogen-bond acceptors (Lipinski definition) is 3. The number of aliphatic hydroxyl groups is 1. The van der Waals surface area contributed by atoms with E-state index in [1.165, 1.54) is 0 Å². The number of pyridine rings is 1. The Morgan fingerprint density at radius 3 is 2.89 bits per heavy atom. The molecule has 2 aromatic rings. The first-order valence-electron chi connectivity index (χ1n) is 5.77. The molecular formula is C13H14BrClN2O. The molecule has 2 N–H and O–H groups in total. The maximum absolute atomic E-state index is 9.17. The van der Waals surface area contributed by atoms with Gasteiger partial charge in [-0.05, 0) is 30.7 Å². The van der Waals surface area contributed by atoms with E-state index in [4.69, 9.17) is 16.7 Å². The zero-order valence-electron chi connectivity index (χ0n) is 9.95. The monoisotopic (exact) mass is 328 g/mol. The number of benzene rings is 1. The molecule has 1 atom stereocenters. The van der Waals surface area contributed by atoms with Crippen LogP contribution >= 0.6 is 27.5 Å². The number of aromatic nitrogens is 1. The second-order valence-corrected chi connectivity index (χ2v) is 5.41. The Bertz CT molecular complexity index is 558. The predicted octanol–water partition coefficient (Wildman–Crippen LogP) is 3.83. The van der Waals surface area contributed by atoms with Crippen LogP contribution in [0.25, 0.3) is 10.9 Å². The third-order valence-corrected chi connectivity index (χ3v) is 3.52. The van der Waals surface area contributed by atoms with Gasteiger partial charge in [0.05, 0.1) is 23.2 Å². The number of nitrogens with zero attached hydrogens (tertiary/aromatic N) is 1. The third-order valence-electron chi connectivity index (χ3n) is 2.78. The van der Waals surface area contributed by atoms with Crippen LogP contribution in [0.1, 0.15) is 13.3 Å². The van der Waals surface area contributed by atoms with Crippen molar-refractivity contribution in [3.05, 3.63) is 33.8 Å². The molecule has 0 bridgehead atoms. The van der Waals surface area contributed by atoms with Gasteiger partial charge >= 0.3 is 0 Å². The summed E-state index contributed by atoms with van der Waals surface area (Å²) in [6.45, 7) is 2.10. The van der Waals surface area contributed by atoms with Crippen molar-refractivity contribution in [3.63, 3.8) is 0 Å². The second kappa shape index (κ2) is 5.87. The summed E-state index contributed by atoms with van der Waals surface area (Å²) in [7, 11) is 0. The maximum Gasteiger partial charge on any atom is 0.127 e. The van der Waals surface area contributed by atoms with Crippen LogP contribution in [0.4, 0.5) is 5.82 Å². The third kappa shape index (κ3) is 2.94. The highest BCUT2D eigenvalue weighted by Gasteiger charge is 2.07. The van der Waals surface area contributed by atoms with Crippen LogP contribution in [0.3, 0.4) is 0 Å². The van der Waals surface area contributed by atoms with Gasteiger partial charge in [-0.3, -0.25) is 0 Å². The molecule has 1 heterocycles. The van der Waals surface area contributed by atoms with Gasteiger partial charge in [0.2, 0.25) is 0 Å². The molecule has 0 aliphatic heterocycles. The minimum Gasteiger partial charge on any atom is -0.394 e. The fourth-order valence-corrected chi connectivity index (χ4v) is 2.60. The zero-order valence-corrected chi connectivity index (χ0v) is 12.3. The first-order chi connectivity index (χ1) is 8.63. The highest BCUT2D eigenvalue weighted by atomic mass is 79.9. The Morgan fingerprint density at radius 2 is 2.22 bits per heavy atom. The Labute approximate surface area is 119 Å². The van der Waals surface area contributed by atoms with E-state index in [1.54, 1.807) is 0 Å². The molecule has 0 amide bonds. The molecule has 96 valence electrons.